The van der Waals surface area contributed by atoms with Gasteiger partial charge in [-0.25, -0.2) is 4.79 Å². The van der Waals surface area contributed by atoms with Crippen molar-refractivity contribution in [3.8, 4) is 0 Å². The molecular weight excluding hydrogens is 208 g/mol. The molecule has 0 saturated carbocycles. The van der Waals surface area contributed by atoms with Gasteiger partial charge in [-0.3, -0.25) is 4.90 Å². The molecule has 16 heavy (non-hydrogen) atoms. The minimum Gasteiger partial charge on any atom is -0.443 e. The molecule has 2 heterocycles. The number of amides is 1. The average Bonchev–Trinajstić information content (AvgIpc) is 2.66. The molecule has 1 fully saturated rings. The first-order valence-corrected chi connectivity index (χ1v) is 5.50. The van der Waals surface area contributed by atoms with E-state index in [1.165, 1.54) is 4.90 Å². The number of β-amino-alcohol motifs (C(OH)–C–C–N with tert-alkyl or cyclic N) is 1. The number of nitrogens with zero attached hydrogens (tertiary/aromatic N) is 1. The quantitative estimate of drug-likeness (QED) is 0.629. The Morgan fingerprint density at radius 3 is 2.94 bits per heavy atom. The Morgan fingerprint density at radius 2 is 2.31 bits per heavy atom. The Morgan fingerprint density at radius 1 is 1.62 bits per heavy atom. The summed E-state index contributed by atoms with van der Waals surface area (Å²) < 4.78 is 5.29. The molecule has 1 amide bonds. The van der Waals surface area contributed by atoms with Gasteiger partial charge in [0.05, 0.1) is 18.7 Å². The van der Waals surface area contributed by atoms with Gasteiger partial charge in [-0.15, -0.1) is 0 Å². The Bertz CT molecular complexity index is 333. The van der Waals surface area contributed by atoms with Gasteiger partial charge in [0, 0.05) is 12.2 Å². The van der Waals surface area contributed by atoms with Crippen LogP contribution in [0.4, 0.5) is 4.79 Å². The molecular formula is C11H18N2O3. The van der Waals surface area contributed by atoms with E-state index in [4.69, 9.17) is 4.74 Å². The van der Waals surface area contributed by atoms with Crippen LogP contribution >= 0.6 is 0 Å². The van der Waals surface area contributed by atoms with E-state index in [-0.39, 0.29) is 12.1 Å². The van der Waals surface area contributed by atoms with E-state index < -0.39 is 11.7 Å². The number of carbonyl (C=O) groups is 1. The second-order valence-electron chi connectivity index (χ2n) is 5.17. The minimum absolute atomic E-state index is 0.118. The second kappa shape index (κ2) is 3.75. The maximum Gasteiger partial charge on any atom is 0.414 e. The molecule has 0 aromatic rings. The molecule has 2 aliphatic rings. The first-order chi connectivity index (χ1) is 7.38. The van der Waals surface area contributed by atoms with Crippen LogP contribution in [-0.2, 0) is 4.74 Å². The predicted octanol–water partition coefficient (Wildman–Crippen LogP) is 0.454. The van der Waals surface area contributed by atoms with Crippen LogP contribution < -0.4 is 5.32 Å². The van der Waals surface area contributed by atoms with Crippen molar-refractivity contribution < 1.29 is 14.6 Å². The number of hydrogen-bond acceptors (Lipinski definition) is 4. The number of ether oxygens (including phenoxy) is 1. The van der Waals surface area contributed by atoms with E-state index in [2.05, 4.69) is 5.32 Å². The minimum atomic E-state index is -0.540. The molecule has 2 rings (SSSR count). The number of fused-ring (bicyclic) bond motifs is 1. The Hall–Kier alpha value is -1.07. The van der Waals surface area contributed by atoms with Crippen molar-refractivity contribution in [2.75, 3.05) is 13.1 Å². The number of carbonyl (C=O) groups excluding carboxylic acids is 1. The SMILES string of the molecule is CC(C)(C)OC(=O)N1CC(O)C2NCC=C21. The third-order valence-corrected chi connectivity index (χ3v) is 2.65. The lowest BCUT2D eigenvalue weighted by Gasteiger charge is -2.24. The zero-order valence-electron chi connectivity index (χ0n) is 9.86. The number of hydrogen-bond donors (Lipinski definition) is 2. The number of aliphatic hydroxyl groups excluding tert-OH is 1. The Balaban J connectivity index is 2.08. The van der Waals surface area contributed by atoms with E-state index in [0.29, 0.717) is 13.1 Å². The van der Waals surface area contributed by atoms with Crippen LogP contribution in [0.15, 0.2) is 11.8 Å². The molecule has 1 saturated heterocycles. The summed E-state index contributed by atoms with van der Waals surface area (Å²) in [6.45, 7) is 6.48. The molecule has 5 heteroatoms. The monoisotopic (exact) mass is 226 g/mol. The third kappa shape index (κ3) is 2.05. The normalized spacial score (nSPS) is 29.0. The highest BCUT2D eigenvalue weighted by Gasteiger charge is 2.42. The summed E-state index contributed by atoms with van der Waals surface area (Å²) in [6, 6.07) is -0.118. The Kier molecular flexibility index (Phi) is 2.67. The zero-order valence-corrected chi connectivity index (χ0v) is 9.86. The third-order valence-electron chi connectivity index (χ3n) is 2.65. The van der Waals surface area contributed by atoms with Crippen LogP contribution in [0.5, 0.6) is 0 Å². The fourth-order valence-corrected chi connectivity index (χ4v) is 2.03. The van der Waals surface area contributed by atoms with Crippen LogP contribution in [0.1, 0.15) is 20.8 Å². The molecule has 0 spiro atoms. The molecule has 0 aromatic heterocycles. The lowest BCUT2D eigenvalue weighted by Crippen LogP contribution is -2.35. The fraction of sp³-hybridized carbons (Fsp3) is 0.727. The van der Waals surface area contributed by atoms with E-state index in [1.807, 2.05) is 26.8 Å². The summed E-state index contributed by atoms with van der Waals surface area (Å²) in [6.07, 6.45) is 0.996. The van der Waals surface area contributed by atoms with Crippen LogP contribution in [0.3, 0.4) is 0 Å². The Labute approximate surface area is 95.1 Å². The summed E-state index contributed by atoms with van der Waals surface area (Å²) in [5, 5.41) is 12.9. The van der Waals surface area contributed by atoms with Gasteiger partial charge in [0.15, 0.2) is 0 Å². The smallest absolute Gasteiger partial charge is 0.414 e. The number of nitrogens with one attached hydrogen (secondary N) is 1. The maximum atomic E-state index is 11.9. The van der Waals surface area contributed by atoms with Crippen LogP contribution in [0, 0.1) is 0 Å². The maximum absolute atomic E-state index is 11.9. The summed E-state index contributed by atoms with van der Waals surface area (Å²) in [5.41, 5.74) is 0.328. The molecule has 0 aromatic carbocycles. The largest absolute Gasteiger partial charge is 0.443 e. The first-order valence-electron chi connectivity index (χ1n) is 5.50. The fourth-order valence-electron chi connectivity index (χ4n) is 2.03. The summed E-state index contributed by atoms with van der Waals surface area (Å²) in [4.78, 5) is 13.4. The van der Waals surface area contributed by atoms with Crippen molar-refractivity contribution in [2.24, 2.45) is 0 Å². The highest BCUT2D eigenvalue weighted by atomic mass is 16.6. The highest BCUT2D eigenvalue weighted by Crippen LogP contribution is 2.27. The predicted molar refractivity (Wildman–Crippen MR) is 58.8 cm³/mol. The second-order valence-corrected chi connectivity index (χ2v) is 5.17. The van der Waals surface area contributed by atoms with Gasteiger partial charge >= 0.3 is 6.09 Å². The van der Waals surface area contributed by atoms with Crippen molar-refractivity contribution in [3.63, 3.8) is 0 Å². The lowest BCUT2D eigenvalue weighted by atomic mass is 10.2. The van der Waals surface area contributed by atoms with Crippen LogP contribution in [0.2, 0.25) is 0 Å². The van der Waals surface area contributed by atoms with Gasteiger partial charge in [-0.1, -0.05) is 0 Å². The molecule has 2 aliphatic heterocycles. The van der Waals surface area contributed by atoms with Crippen molar-refractivity contribution >= 4 is 6.09 Å². The van der Waals surface area contributed by atoms with Crippen molar-refractivity contribution in [1.82, 2.24) is 10.2 Å². The molecule has 2 N–H and O–H groups in total. The van der Waals surface area contributed by atoms with E-state index in [0.717, 1.165) is 5.70 Å². The average molecular weight is 226 g/mol. The van der Waals surface area contributed by atoms with Crippen LogP contribution in [-0.4, -0.2) is 46.9 Å². The van der Waals surface area contributed by atoms with E-state index >= 15 is 0 Å². The van der Waals surface area contributed by atoms with Gasteiger partial charge in [-0.05, 0) is 26.8 Å². The van der Waals surface area contributed by atoms with Gasteiger partial charge < -0.3 is 15.2 Å². The molecule has 2 unspecified atom stereocenters. The summed E-state index contributed by atoms with van der Waals surface area (Å²) >= 11 is 0. The standard InChI is InChI=1S/C11H18N2O3/c1-11(2,3)16-10(15)13-6-8(14)9-7(13)4-5-12-9/h4,8-9,12,14H,5-6H2,1-3H3. The number of aliphatic hydroxyl groups is 1. The molecule has 90 valence electrons. The van der Waals surface area contributed by atoms with E-state index in [1.54, 1.807) is 0 Å². The summed E-state index contributed by atoms with van der Waals surface area (Å²) in [5.74, 6) is 0. The number of likely N-dealkylation sites (tertiary alicyclic amines) is 1. The van der Waals surface area contributed by atoms with Crippen molar-refractivity contribution in [2.45, 2.75) is 38.5 Å². The zero-order chi connectivity index (χ0) is 11.9. The first kappa shape index (κ1) is 11.4. The van der Waals surface area contributed by atoms with Crippen molar-refractivity contribution in [1.29, 1.82) is 0 Å². The number of rotatable bonds is 0. The van der Waals surface area contributed by atoms with Crippen LogP contribution in [0.25, 0.3) is 0 Å². The molecule has 5 nitrogen and oxygen atoms in total. The van der Waals surface area contributed by atoms with Gasteiger partial charge in [-0.2, -0.15) is 0 Å². The molecule has 0 aliphatic carbocycles. The lowest BCUT2D eigenvalue weighted by molar-refractivity contribution is 0.0307. The van der Waals surface area contributed by atoms with Gasteiger partial charge in [0.2, 0.25) is 0 Å². The van der Waals surface area contributed by atoms with Gasteiger partial charge in [0.25, 0.3) is 0 Å². The van der Waals surface area contributed by atoms with E-state index in [9.17, 15) is 9.90 Å². The highest BCUT2D eigenvalue weighted by molar-refractivity contribution is 5.72. The topological polar surface area (TPSA) is 61.8 Å². The molecule has 0 bridgehead atoms. The summed E-state index contributed by atoms with van der Waals surface area (Å²) in [7, 11) is 0. The molecule has 2 atom stereocenters. The molecule has 0 radical (unpaired) electrons. The van der Waals surface area contributed by atoms with Gasteiger partial charge in [0.1, 0.15) is 5.60 Å². The van der Waals surface area contributed by atoms with Crippen molar-refractivity contribution in [3.05, 3.63) is 11.8 Å².